The zero-order valence-electron chi connectivity index (χ0n) is 11.6. The van der Waals surface area contributed by atoms with Crippen LogP contribution in [0, 0.1) is 0 Å². The van der Waals surface area contributed by atoms with Gasteiger partial charge in [0.05, 0.1) is 5.02 Å². The number of benzene rings is 1. The van der Waals surface area contributed by atoms with E-state index in [0.29, 0.717) is 34.2 Å². The van der Waals surface area contributed by atoms with Crippen LogP contribution in [0.5, 0.6) is 0 Å². The zero-order chi connectivity index (χ0) is 15.0. The van der Waals surface area contributed by atoms with Gasteiger partial charge in [0.2, 0.25) is 0 Å². The van der Waals surface area contributed by atoms with Crippen LogP contribution in [0.15, 0.2) is 24.4 Å². The van der Waals surface area contributed by atoms with Crippen molar-refractivity contribution < 1.29 is 4.79 Å². The van der Waals surface area contributed by atoms with Crippen molar-refractivity contribution in [2.45, 2.75) is 0 Å². The highest BCUT2D eigenvalue weighted by molar-refractivity contribution is 6.39. The van der Waals surface area contributed by atoms with Crippen molar-refractivity contribution in [2.24, 2.45) is 0 Å². The summed E-state index contributed by atoms with van der Waals surface area (Å²) in [6.45, 7) is 3.16. The Kier molecular flexibility index (Phi) is 4.02. The van der Waals surface area contributed by atoms with Crippen LogP contribution in [0.3, 0.4) is 0 Å². The van der Waals surface area contributed by atoms with Crippen LogP contribution in [0.1, 0.15) is 10.5 Å². The number of fused-ring (bicyclic) bond motifs is 1. The average molecular weight is 324 g/mol. The van der Waals surface area contributed by atoms with E-state index in [1.165, 1.54) is 0 Å². The SMILES string of the molecule is CN1CCN(C(=O)c2nccc3cc(Cl)cc(Cl)c23)CC1. The van der Waals surface area contributed by atoms with Crippen molar-refractivity contribution in [3.05, 3.63) is 40.1 Å². The maximum atomic E-state index is 12.7. The molecule has 0 unspecified atom stereocenters. The van der Waals surface area contributed by atoms with Gasteiger partial charge in [0, 0.05) is 42.8 Å². The molecule has 4 nitrogen and oxygen atoms in total. The molecule has 0 saturated carbocycles. The lowest BCUT2D eigenvalue weighted by Gasteiger charge is -2.32. The monoisotopic (exact) mass is 323 g/mol. The lowest BCUT2D eigenvalue weighted by atomic mass is 10.1. The van der Waals surface area contributed by atoms with Crippen LogP contribution >= 0.6 is 23.2 Å². The van der Waals surface area contributed by atoms with Gasteiger partial charge in [0.25, 0.3) is 5.91 Å². The Morgan fingerprint density at radius 2 is 1.90 bits per heavy atom. The number of carbonyl (C=O) groups is 1. The summed E-state index contributed by atoms with van der Waals surface area (Å²) >= 11 is 12.3. The Morgan fingerprint density at radius 1 is 1.19 bits per heavy atom. The summed E-state index contributed by atoms with van der Waals surface area (Å²) in [4.78, 5) is 21.0. The Bertz CT molecular complexity index is 697. The standard InChI is InChI=1S/C15H15Cl2N3O/c1-19-4-6-20(7-5-19)15(21)14-13-10(2-3-18-14)8-11(16)9-12(13)17/h2-3,8-9H,4-7H2,1H3. The number of hydrogen-bond donors (Lipinski definition) is 0. The third-order valence-corrected chi connectivity index (χ3v) is 4.29. The van der Waals surface area contributed by atoms with Crippen molar-refractivity contribution in [1.29, 1.82) is 0 Å². The summed E-state index contributed by atoms with van der Waals surface area (Å²) in [6, 6.07) is 5.26. The fourth-order valence-electron chi connectivity index (χ4n) is 2.55. The van der Waals surface area contributed by atoms with Crippen molar-refractivity contribution in [1.82, 2.24) is 14.8 Å². The number of pyridine rings is 1. The van der Waals surface area contributed by atoms with Gasteiger partial charge in [-0.25, -0.2) is 0 Å². The van der Waals surface area contributed by atoms with E-state index in [9.17, 15) is 4.79 Å². The van der Waals surface area contributed by atoms with E-state index in [1.54, 1.807) is 18.3 Å². The van der Waals surface area contributed by atoms with Gasteiger partial charge in [0.15, 0.2) is 0 Å². The number of carbonyl (C=O) groups excluding carboxylic acids is 1. The average Bonchev–Trinajstić information content (AvgIpc) is 2.46. The molecule has 0 N–H and O–H groups in total. The van der Waals surface area contributed by atoms with E-state index in [-0.39, 0.29) is 5.91 Å². The molecule has 0 bridgehead atoms. The van der Waals surface area contributed by atoms with E-state index in [1.807, 2.05) is 11.0 Å². The molecule has 3 rings (SSSR count). The summed E-state index contributed by atoms with van der Waals surface area (Å²) in [7, 11) is 2.05. The summed E-state index contributed by atoms with van der Waals surface area (Å²) in [5.41, 5.74) is 0.402. The highest BCUT2D eigenvalue weighted by Crippen LogP contribution is 2.30. The summed E-state index contributed by atoms with van der Waals surface area (Å²) in [5, 5.41) is 2.52. The minimum Gasteiger partial charge on any atom is -0.335 e. The molecule has 6 heteroatoms. The van der Waals surface area contributed by atoms with Gasteiger partial charge in [-0.3, -0.25) is 9.78 Å². The number of likely N-dealkylation sites (N-methyl/N-ethyl adjacent to an activating group) is 1. The van der Waals surface area contributed by atoms with Gasteiger partial charge >= 0.3 is 0 Å². The third-order valence-electron chi connectivity index (χ3n) is 3.77. The van der Waals surface area contributed by atoms with E-state index in [2.05, 4.69) is 16.9 Å². The smallest absolute Gasteiger partial charge is 0.273 e. The van der Waals surface area contributed by atoms with Gasteiger partial charge in [-0.15, -0.1) is 0 Å². The topological polar surface area (TPSA) is 36.4 Å². The number of halogens is 2. The van der Waals surface area contributed by atoms with E-state index < -0.39 is 0 Å². The van der Waals surface area contributed by atoms with E-state index >= 15 is 0 Å². The maximum Gasteiger partial charge on any atom is 0.273 e. The predicted molar refractivity (Wildman–Crippen MR) is 85.2 cm³/mol. The summed E-state index contributed by atoms with van der Waals surface area (Å²) < 4.78 is 0. The fourth-order valence-corrected chi connectivity index (χ4v) is 3.15. The highest BCUT2D eigenvalue weighted by Gasteiger charge is 2.23. The first-order valence-electron chi connectivity index (χ1n) is 6.78. The molecule has 2 aromatic rings. The first kappa shape index (κ1) is 14.6. The van der Waals surface area contributed by atoms with Crippen molar-refractivity contribution in [3.63, 3.8) is 0 Å². The molecule has 1 amide bonds. The van der Waals surface area contributed by atoms with Gasteiger partial charge in [-0.05, 0) is 30.6 Å². The van der Waals surface area contributed by atoms with Crippen LogP contribution in [-0.4, -0.2) is 53.9 Å². The maximum absolute atomic E-state index is 12.7. The second-order valence-electron chi connectivity index (χ2n) is 5.24. The van der Waals surface area contributed by atoms with Crippen LogP contribution < -0.4 is 0 Å². The minimum absolute atomic E-state index is 0.0714. The Labute approximate surface area is 133 Å². The number of hydrogen-bond acceptors (Lipinski definition) is 3. The Morgan fingerprint density at radius 3 is 2.62 bits per heavy atom. The molecular formula is C15H15Cl2N3O. The predicted octanol–water partition coefficient (Wildman–Crippen LogP) is 2.93. The van der Waals surface area contributed by atoms with Crippen molar-refractivity contribution in [3.8, 4) is 0 Å². The van der Waals surface area contributed by atoms with Gasteiger partial charge in [-0.1, -0.05) is 23.2 Å². The first-order chi connectivity index (χ1) is 10.1. The van der Waals surface area contributed by atoms with Gasteiger partial charge in [-0.2, -0.15) is 0 Å². The molecule has 1 aliphatic rings. The molecule has 1 saturated heterocycles. The fraction of sp³-hybridized carbons (Fsp3) is 0.333. The number of aromatic nitrogens is 1. The van der Waals surface area contributed by atoms with Crippen molar-refractivity contribution in [2.75, 3.05) is 33.2 Å². The van der Waals surface area contributed by atoms with Crippen LogP contribution in [0.25, 0.3) is 10.8 Å². The van der Waals surface area contributed by atoms with Crippen LogP contribution in [-0.2, 0) is 0 Å². The lowest BCUT2D eigenvalue weighted by molar-refractivity contribution is 0.0660. The molecule has 1 aliphatic heterocycles. The molecule has 1 aromatic carbocycles. The van der Waals surface area contributed by atoms with Crippen LogP contribution in [0.2, 0.25) is 10.0 Å². The lowest BCUT2D eigenvalue weighted by Crippen LogP contribution is -2.47. The molecule has 0 radical (unpaired) electrons. The quantitative estimate of drug-likeness (QED) is 0.809. The molecular weight excluding hydrogens is 309 g/mol. The Hall–Kier alpha value is -1.36. The van der Waals surface area contributed by atoms with E-state index in [0.717, 1.165) is 18.5 Å². The second kappa shape index (κ2) is 5.79. The molecule has 0 spiro atoms. The van der Waals surface area contributed by atoms with E-state index in [4.69, 9.17) is 23.2 Å². The molecule has 1 aromatic heterocycles. The molecule has 0 atom stereocenters. The minimum atomic E-state index is -0.0714. The molecule has 110 valence electrons. The van der Waals surface area contributed by atoms with Crippen molar-refractivity contribution >= 4 is 39.9 Å². The van der Waals surface area contributed by atoms with Crippen LogP contribution in [0.4, 0.5) is 0 Å². The second-order valence-corrected chi connectivity index (χ2v) is 6.08. The molecule has 0 aliphatic carbocycles. The molecule has 2 heterocycles. The number of nitrogens with zero attached hydrogens (tertiary/aromatic N) is 3. The largest absolute Gasteiger partial charge is 0.335 e. The van der Waals surface area contributed by atoms with Gasteiger partial charge in [0.1, 0.15) is 5.69 Å². The number of rotatable bonds is 1. The highest BCUT2D eigenvalue weighted by atomic mass is 35.5. The zero-order valence-corrected chi connectivity index (χ0v) is 13.2. The summed E-state index contributed by atoms with van der Waals surface area (Å²) in [5.74, 6) is -0.0714. The Balaban J connectivity index is 2.02. The molecule has 1 fully saturated rings. The summed E-state index contributed by atoms with van der Waals surface area (Å²) in [6.07, 6.45) is 1.62. The van der Waals surface area contributed by atoms with Gasteiger partial charge < -0.3 is 9.80 Å². The normalized spacial score (nSPS) is 16.4. The number of piperazine rings is 1. The third kappa shape index (κ3) is 2.84. The number of amides is 1. The molecule has 21 heavy (non-hydrogen) atoms. The first-order valence-corrected chi connectivity index (χ1v) is 7.53.